The molecule has 0 radical (unpaired) electrons. The van der Waals surface area contributed by atoms with Gasteiger partial charge in [-0.1, -0.05) is 5.21 Å². The van der Waals surface area contributed by atoms with Crippen molar-refractivity contribution in [2.24, 2.45) is 0 Å². The van der Waals surface area contributed by atoms with Gasteiger partial charge >= 0.3 is 0 Å². The van der Waals surface area contributed by atoms with Gasteiger partial charge in [-0.2, -0.15) is 11.8 Å². The molecule has 216 valence electrons. The summed E-state index contributed by atoms with van der Waals surface area (Å²) in [6, 6.07) is 4.61. The van der Waals surface area contributed by atoms with Crippen LogP contribution < -0.4 is 0 Å². The monoisotopic (exact) mass is 600 g/mol. The molecule has 1 amide bonds. The lowest BCUT2D eigenvalue weighted by Crippen LogP contribution is -2.57. The van der Waals surface area contributed by atoms with Crippen LogP contribution in [-0.2, 0) is 18.7 Å². The molecule has 1 fully saturated rings. The molecule has 5 heterocycles. The lowest BCUT2D eigenvalue weighted by molar-refractivity contribution is 0.0264. The molecule has 0 spiro atoms. The van der Waals surface area contributed by atoms with Crippen LogP contribution in [0.5, 0.6) is 0 Å². The number of halogens is 3. The number of carbonyl (C=O) groups is 1. The highest BCUT2D eigenvalue weighted by Gasteiger charge is 2.36. The Labute approximate surface area is 244 Å². The van der Waals surface area contributed by atoms with Crippen molar-refractivity contribution in [3.8, 4) is 5.00 Å². The molecule has 2 aliphatic heterocycles. The van der Waals surface area contributed by atoms with E-state index in [0.717, 1.165) is 28.5 Å². The van der Waals surface area contributed by atoms with Crippen LogP contribution in [0.2, 0.25) is 0 Å². The SMILES string of the molecule is C[C@@H]1CN(C(=O)c2c(-n3cccc3)sc3c2CCSC3)C[C@H](C)N1Cc1cn([C@@H](C)c2c(F)cc(F)cc2F)nn1. The Bertz CT molecular complexity index is 1530. The molecule has 1 aromatic carbocycles. The fraction of sp³-hybridized carbons (Fsp3) is 0.414. The summed E-state index contributed by atoms with van der Waals surface area (Å²) in [5.74, 6) is -0.826. The number of rotatable bonds is 6. The Hall–Kier alpha value is -3.09. The minimum Gasteiger partial charge on any atom is -0.335 e. The number of hydrogen-bond acceptors (Lipinski definition) is 6. The van der Waals surface area contributed by atoms with Gasteiger partial charge in [0.15, 0.2) is 0 Å². The van der Waals surface area contributed by atoms with Crippen molar-refractivity contribution >= 4 is 29.0 Å². The molecule has 7 nitrogen and oxygen atoms in total. The molecule has 2 aliphatic rings. The Balaban J connectivity index is 1.18. The van der Waals surface area contributed by atoms with Gasteiger partial charge in [-0.3, -0.25) is 9.69 Å². The number of aromatic nitrogens is 4. The number of benzene rings is 1. The highest BCUT2D eigenvalue weighted by Crippen LogP contribution is 2.39. The summed E-state index contributed by atoms with van der Waals surface area (Å²) in [7, 11) is 0. The normalized spacial score (nSPS) is 20.3. The second-order valence-corrected chi connectivity index (χ2v) is 13.0. The summed E-state index contributed by atoms with van der Waals surface area (Å²) in [6.07, 6.45) is 6.57. The first kappa shape index (κ1) is 28.0. The number of hydrogen-bond donors (Lipinski definition) is 0. The van der Waals surface area contributed by atoms with Crippen molar-refractivity contribution in [2.45, 2.75) is 57.6 Å². The van der Waals surface area contributed by atoms with Crippen LogP contribution in [0.25, 0.3) is 5.00 Å². The van der Waals surface area contributed by atoms with Gasteiger partial charge in [0.2, 0.25) is 0 Å². The number of thiophene rings is 1. The second-order valence-electron chi connectivity index (χ2n) is 10.8. The second kappa shape index (κ2) is 11.3. The molecular formula is C29H31F3N6OS2. The molecule has 3 aromatic heterocycles. The maximum atomic E-state index is 14.3. The number of nitrogens with zero attached hydrogens (tertiary/aromatic N) is 6. The first-order valence-corrected chi connectivity index (χ1v) is 15.6. The van der Waals surface area contributed by atoms with Gasteiger partial charge in [0, 0.05) is 72.4 Å². The lowest BCUT2D eigenvalue weighted by Gasteiger charge is -2.44. The Morgan fingerprint density at radius 1 is 1.10 bits per heavy atom. The van der Waals surface area contributed by atoms with Crippen LogP contribution in [0.3, 0.4) is 0 Å². The van der Waals surface area contributed by atoms with Gasteiger partial charge in [0.25, 0.3) is 5.91 Å². The molecule has 0 bridgehead atoms. The minimum atomic E-state index is -0.963. The third-order valence-electron chi connectivity index (χ3n) is 8.00. The van der Waals surface area contributed by atoms with Gasteiger partial charge in [-0.05, 0) is 50.6 Å². The van der Waals surface area contributed by atoms with Crippen LogP contribution in [0.1, 0.15) is 58.9 Å². The summed E-state index contributed by atoms with van der Waals surface area (Å²) < 4.78 is 45.5. The quantitative estimate of drug-likeness (QED) is 0.285. The molecule has 4 aromatic rings. The van der Waals surface area contributed by atoms with Gasteiger partial charge < -0.3 is 9.47 Å². The van der Waals surface area contributed by atoms with E-state index in [1.165, 1.54) is 15.1 Å². The number of carbonyl (C=O) groups excluding carboxylic acids is 1. The number of fused-ring (bicyclic) bond motifs is 1. The van der Waals surface area contributed by atoms with Crippen molar-refractivity contribution in [3.63, 3.8) is 0 Å². The Kier molecular flexibility index (Phi) is 7.73. The minimum absolute atomic E-state index is 0.0531. The van der Waals surface area contributed by atoms with Gasteiger partial charge in [-0.15, -0.1) is 16.4 Å². The maximum Gasteiger partial charge on any atom is 0.257 e. The van der Waals surface area contributed by atoms with E-state index in [0.29, 0.717) is 37.5 Å². The van der Waals surface area contributed by atoms with Crippen molar-refractivity contribution in [2.75, 3.05) is 18.8 Å². The fourth-order valence-electron chi connectivity index (χ4n) is 5.93. The summed E-state index contributed by atoms with van der Waals surface area (Å²) in [4.78, 5) is 19.6. The average molecular weight is 601 g/mol. The van der Waals surface area contributed by atoms with E-state index >= 15 is 0 Å². The summed E-state index contributed by atoms with van der Waals surface area (Å²) >= 11 is 3.64. The molecule has 0 aliphatic carbocycles. The fourth-order valence-corrected chi connectivity index (χ4v) is 8.37. The topological polar surface area (TPSA) is 59.2 Å². The predicted molar refractivity (Wildman–Crippen MR) is 154 cm³/mol. The van der Waals surface area contributed by atoms with Crippen molar-refractivity contribution in [1.82, 2.24) is 29.4 Å². The van der Waals surface area contributed by atoms with E-state index in [-0.39, 0.29) is 23.6 Å². The largest absolute Gasteiger partial charge is 0.335 e. The van der Waals surface area contributed by atoms with E-state index in [9.17, 15) is 18.0 Å². The summed E-state index contributed by atoms with van der Waals surface area (Å²) in [5, 5.41) is 9.36. The van der Waals surface area contributed by atoms with Crippen LogP contribution in [-0.4, -0.2) is 66.2 Å². The zero-order valence-electron chi connectivity index (χ0n) is 23.1. The first-order chi connectivity index (χ1) is 19.7. The Morgan fingerprint density at radius 2 is 1.78 bits per heavy atom. The van der Waals surface area contributed by atoms with E-state index in [1.54, 1.807) is 24.5 Å². The standard InChI is InChI=1S/C29H31F3N6OS2/c1-17-12-36(28(39)27-22-6-9-40-16-25(22)41-29(27)35-7-4-5-8-35)13-18(2)37(17)14-21-15-38(34-33-21)19(3)26-23(31)10-20(30)11-24(26)32/h4-5,7-8,10-11,15,17-19H,6,9,12-14,16H2,1-3H3/t17-,18+,19-/m0/s1. The zero-order chi connectivity index (χ0) is 28.8. The lowest BCUT2D eigenvalue weighted by atomic mass is 10.0. The third kappa shape index (κ3) is 5.32. The molecule has 0 saturated carbocycles. The van der Waals surface area contributed by atoms with Gasteiger partial charge in [-0.25, -0.2) is 17.9 Å². The van der Waals surface area contributed by atoms with Gasteiger partial charge in [0.05, 0.1) is 23.5 Å². The molecule has 6 rings (SSSR count). The molecule has 3 atom stereocenters. The maximum absolute atomic E-state index is 14.3. The van der Waals surface area contributed by atoms with E-state index in [1.807, 2.05) is 41.2 Å². The molecule has 41 heavy (non-hydrogen) atoms. The van der Waals surface area contributed by atoms with Crippen molar-refractivity contribution < 1.29 is 18.0 Å². The highest BCUT2D eigenvalue weighted by molar-refractivity contribution is 7.98. The first-order valence-electron chi connectivity index (χ1n) is 13.7. The number of thioether (sulfide) groups is 1. The third-order valence-corrected chi connectivity index (χ3v) is 10.4. The van der Waals surface area contributed by atoms with Crippen LogP contribution in [0, 0.1) is 17.5 Å². The van der Waals surface area contributed by atoms with Crippen molar-refractivity contribution in [3.05, 3.63) is 87.6 Å². The summed E-state index contributed by atoms with van der Waals surface area (Å²) in [6.45, 7) is 7.41. The van der Waals surface area contributed by atoms with Gasteiger partial charge in [0.1, 0.15) is 22.5 Å². The smallest absolute Gasteiger partial charge is 0.257 e. The van der Waals surface area contributed by atoms with Crippen molar-refractivity contribution in [1.29, 1.82) is 0 Å². The van der Waals surface area contributed by atoms with Crippen LogP contribution in [0.4, 0.5) is 13.2 Å². The molecule has 0 unspecified atom stereocenters. The molecule has 12 heteroatoms. The highest BCUT2D eigenvalue weighted by atomic mass is 32.2. The van der Waals surface area contributed by atoms with Crippen LogP contribution >= 0.6 is 23.1 Å². The Morgan fingerprint density at radius 3 is 2.46 bits per heavy atom. The molecule has 1 saturated heterocycles. The average Bonchev–Trinajstić information content (AvgIpc) is 3.69. The number of piperazine rings is 1. The van der Waals surface area contributed by atoms with E-state index in [2.05, 4.69) is 33.6 Å². The van der Waals surface area contributed by atoms with E-state index < -0.39 is 23.5 Å². The zero-order valence-corrected chi connectivity index (χ0v) is 24.7. The summed E-state index contributed by atoms with van der Waals surface area (Å²) in [5.41, 5.74) is 2.43. The van der Waals surface area contributed by atoms with E-state index in [4.69, 9.17) is 0 Å². The van der Waals surface area contributed by atoms with Crippen LogP contribution in [0.15, 0.2) is 42.9 Å². The number of amides is 1. The predicted octanol–water partition coefficient (Wildman–Crippen LogP) is 5.68. The molecular weight excluding hydrogens is 569 g/mol. The molecule has 0 N–H and O–H groups in total.